The maximum Gasteiger partial charge on any atom is 0.330 e. The molecule has 0 aromatic heterocycles. The normalized spacial score (nSPS) is 11.0. The molecule has 0 fully saturated rings. The van der Waals surface area contributed by atoms with Crippen LogP contribution in [0.5, 0.6) is 5.75 Å². The van der Waals surface area contributed by atoms with Crippen molar-refractivity contribution in [3.63, 3.8) is 0 Å². The Balaban J connectivity index is 2.13. The van der Waals surface area contributed by atoms with Crippen LogP contribution in [0.2, 0.25) is 0 Å². The van der Waals surface area contributed by atoms with Crippen LogP contribution in [0, 0.1) is 0 Å². The lowest BCUT2D eigenvalue weighted by atomic mass is 10.1. The summed E-state index contributed by atoms with van der Waals surface area (Å²) in [6.07, 6.45) is 3.25. The predicted octanol–water partition coefficient (Wildman–Crippen LogP) is 3.90. The van der Waals surface area contributed by atoms with Gasteiger partial charge in [0.2, 0.25) is 0 Å². The van der Waals surface area contributed by atoms with E-state index in [4.69, 9.17) is 9.47 Å². The largest absolute Gasteiger partial charge is 0.489 e. The molecule has 0 heterocycles. The second-order valence-electron chi connectivity index (χ2n) is 5.96. The molecule has 0 aliphatic carbocycles. The van der Waals surface area contributed by atoms with Gasteiger partial charge < -0.3 is 14.4 Å². The number of carbonyl (C=O) groups is 1. The summed E-state index contributed by atoms with van der Waals surface area (Å²) in [7, 11) is 4.02. The lowest BCUT2D eigenvalue weighted by Gasteiger charge is -2.15. The highest BCUT2D eigenvalue weighted by Gasteiger charge is 2.06. The summed E-state index contributed by atoms with van der Waals surface area (Å²) in [5, 5.41) is 0. The fourth-order valence-corrected chi connectivity index (χ4v) is 2.40. The highest BCUT2D eigenvalue weighted by atomic mass is 16.5. The van der Waals surface area contributed by atoms with E-state index >= 15 is 0 Å². The van der Waals surface area contributed by atoms with Crippen molar-refractivity contribution in [2.24, 2.45) is 0 Å². The van der Waals surface area contributed by atoms with Crippen LogP contribution in [0.3, 0.4) is 0 Å². The highest BCUT2D eigenvalue weighted by molar-refractivity contribution is 5.87. The molecule has 0 atom stereocenters. The van der Waals surface area contributed by atoms with Crippen LogP contribution in [-0.4, -0.2) is 31.6 Å². The molecule has 0 N–H and O–H groups in total. The first kappa shape index (κ1) is 18.7. The Hall–Kier alpha value is -2.59. The molecule has 0 saturated heterocycles. The third kappa shape index (κ3) is 6.43. The minimum atomic E-state index is -0.331. The van der Waals surface area contributed by atoms with Crippen LogP contribution in [0.4, 0.5) is 0 Å². The summed E-state index contributed by atoms with van der Waals surface area (Å²) < 4.78 is 10.8. The number of rotatable bonds is 8. The second-order valence-corrected chi connectivity index (χ2v) is 5.96. The van der Waals surface area contributed by atoms with Gasteiger partial charge in [0.1, 0.15) is 12.4 Å². The lowest BCUT2D eigenvalue weighted by molar-refractivity contribution is -0.137. The monoisotopic (exact) mass is 339 g/mol. The molecule has 0 bridgehead atoms. The standard InChI is InChI=1S/C21H25NO3/c1-4-24-21(23)13-11-18-10-12-20(14-19(18)15-22(2)3)25-16-17-8-6-5-7-9-17/h5-14H,4,15-16H2,1-3H3/b13-11+. The van der Waals surface area contributed by atoms with Crippen molar-refractivity contribution in [3.8, 4) is 5.75 Å². The van der Waals surface area contributed by atoms with Gasteiger partial charge >= 0.3 is 5.97 Å². The van der Waals surface area contributed by atoms with E-state index in [0.717, 1.165) is 29.0 Å². The van der Waals surface area contributed by atoms with E-state index in [0.29, 0.717) is 13.2 Å². The van der Waals surface area contributed by atoms with E-state index in [1.54, 1.807) is 13.0 Å². The van der Waals surface area contributed by atoms with Gasteiger partial charge in [0.15, 0.2) is 0 Å². The van der Waals surface area contributed by atoms with Crippen molar-refractivity contribution < 1.29 is 14.3 Å². The summed E-state index contributed by atoms with van der Waals surface area (Å²) >= 11 is 0. The number of ether oxygens (including phenoxy) is 2. The molecular weight excluding hydrogens is 314 g/mol. The zero-order chi connectivity index (χ0) is 18.1. The molecular formula is C21H25NO3. The molecule has 0 unspecified atom stereocenters. The quantitative estimate of drug-likeness (QED) is 0.540. The molecule has 4 nitrogen and oxygen atoms in total. The fourth-order valence-electron chi connectivity index (χ4n) is 2.40. The van der Waals surface area contributed by atoms with Crippen LogP contribution >= 0.6 is 0 Å². The van der Waals surface area contributed by atoms with Gasteiger partial charge in [-0.25, -0.2) is 4.79 Å². The first-order chi connectivity index (χ1) is 12.1. The molecule has 0 aliphatic heterocycles. The smallest absolute Gasteiger partial charge is 0.330 e. The van der Waals surface area contributed by atoms with Crippen molar-refractivity contribution >= 4 is 12.0 Å². The maximum absolute atomic E-state index is 11.5. The topological polar surface area (TPSA) is 38.8 Å². The van der Waals surface area contributed by atoms with Crippen LogP contribution in [-0.2, 0) is 22.7 Å². The zero-order valence-electron chi connectivity index (χ0n) is 15.1. The molecule has 2 aromatic carbocycles. The van der Waals surface area contributed by atoms with Gasteiger partial charge in [0, 0.05) is 12.6 Å². The van der Waals surface area contributed by atoms with Crippen molar-refractivity contribution in [1.82, 2.24) is 4.90 Å². The number of benzene rings is 2. The number of hydrogen-bond acceptors (Lipinski definition) is 4. The number of esters is 1. The van der Waals surface area contributed by atoms with Gasteiger partial charge in [0.25, 0.3) is 0 Å². The molecule has 4 heteroatoms. The maximum atomic E-state index is 11.5. The minimum absolute atomic E-state index is 0.331. The van der Waals surface area contributed by atoms with Crippen molar-refractivity contribution in [3.05, 3.63) is 71.3 Å². The van der Waals surface area contributed by atoms with Crippen LogP contribution in [0.15, 0.2) is 54.6 Å². The Morgan fingerprint density at radius 2 is 1.88 bits per heavy atom. The number of hydrogen-bond donors (Lipinski definition) is 0. The lowest BCUT2D eigenvalue weighted by Crippen LogP contribution is -2.12. The van der Waals surface area contributed by atoms with Gasteiger partial charge in [-0.2, -0.15) is 0 Å². The SMILES string of the molecule is CCOC(=O)/C=C/c1ccc(OCc2ccccc2)cc1CN(C)C. The first-order valence-electron chi connectivity index (χ1n) is 8.37. The summed E-state index contributed by atoms with van der Waals surface area (Å²) in [4.78, 5) is 13.6. The summed E-state index contributed by atoms with van der Waals surface area (Å²) in [6, 6.07) is 16.0. The first-order valence-corrected chi connectivity index (χ1v) is 8.37. The van der Waals surface area contributed by atoms with Crippen molar-refractivity contribution in [2.45, 2.75) is 20.1 Å². The molecule has 2 aromatic rings. The third-order valence-electron chi connectivity index (χ3n) is 3.53. The molecule has 132 valence electrons. The van der Waals surface area contributed by atoms with Gasteiger partial charge in [-0.05, 0) is 55.9 Å². The molecule has 0 saturated carbocycles. The van der Waals surface area contributed by atoms with Gasteiger partial charge in [-0.15, -0.1) is 0 Å². The van der Waals surface area contributed by atoms with E-state index in [-0.39, 0.29) is 5.97 Å². The van der Waals surface area contributed by atoms with Gasteiger partial charge in [-0.3, -0.25) is 0 Å². The zero-order valence-corrected chi connectivity index (χ0v) is 15.1. The Kier molecular flexibility index (Phi) is 7.23. The molecule has 0 spiro atoms. The average molecular weight is 339 g/mol. The number of nitrogens with zero attached hydrogens (tertiary/aromatic N) is 1. The van der Waals surface area contributed by atoms with E-state index in [1.165, 1.54) is 6.08 Å². The summed E-state index contributed by atoms with van der Waals surface area (Å²) in [6.45, 7) is 3.45. The second kappa shape index (κ2) is 9.64. The Bertz CT molecular complexity index is 708. The molecule has 25 heavy (non-hydrogen) atoms. The third-order valence-corrected chi connectivity index (χ3v) is 3.53. The van der Waals surface area contributed by atoms with E-state index < -0.39 is 0 Å². The molecule has 2 rings (SSSR count). The Morgan fingerprint density at radius 1 is 1.12 bits per heavy atom. The van der Waals surface area contributed by atoms with Crippen molar-refractivity contribution in [2.75, 3.05) is 20.7 Å². The van der Waals surface area contributed by atoms with Gasteiger partial charge in [0.05, 0.1) is 6.61 Å². The van der Waals surface area contributed by atoms with Crippen LogP contribution in [0.25, 0.3) is 6.08 Å². The number of carbonyl (C=O) groups excluding carboxylic acids is 1. The van der Waals surface area contributed by atoms with E-state index in [1.807, 2.05) is 62.6 Å². The predicted molar refractivity (Wildman–Crippen MR) is 100 cm³/mol. The Morgan fingerprint density at radius 3 is 2.56 bits per heavy atom. The average Bonchev–Trinajstić information content (AvgIpc) is 2.60. The summed E-state index contributed by atoms with van der Waals surface area (Å²) in [5.41, 5.74) is 3.20. The minimum Gasteiger partial charge on any atom is -0.489 e. The van der Waals surface area contributed by atoms with Crippen molar-refractivity contribution in [1.29, 1.82) is 0 Å². The molecule has 0 radical (unpaired) electrons. The summed E-state index contributed by atoms with van der Waals surface area (Å²) in [5.74, 6) is 0.483. The van der Waals surface area contributed by atoms with Crippen LogP contribution in [0.1, 0.15) is 23.6 Å². The molecule has 0 aliphatic rings. The van der Waals surface area contributed by atoms with Crippen LogP contribution < -0.4 is 4.74 Å². The Labute approximate surface area is 149 Å². The molecule has 0 amide bonds. The van der Waals surface area contributed by atoms with Gasteiger partial charge in [-0.1, -0.05) is 36.4 Å². The highest BCUT2D eigenvalue weighted by Crippen LogP contribution is 2.21. The van der Waals surface area contributed by atoms with E-state index in [2.05, 4.69) is 4.90 Å². The fraction of sp³-hybridized carbons (Fsp3) is 0.286. The van der Waals surface area contributed by atoms with E-state index in [9.17, 15) is 4.79 Å².